The minimum Gasteiger partial charge on any atom is -0.254 e. The summed E-state index contributed by atoms with van der Waals surface area (Å²) in [7, 11) is -1.01. The van der Waals surface area contributed by atoms with Crippen LogP contribution < -0.4 is 0 Å². The van der Waals surface area contributed by atoms with E-state index in [1.807, 2.05) is 49.4 Å². The maximum atomic E-state index is 12.2. The van der Waals surface area contributed by atoms with Crippen molar-refractivity contribution in [3.05, 3.63) is 52.0 Å². The monoisotopic (exact) mass is 342 g/mol. The predicted molar refractivity (Wildman–Crippen MR) is 81.5 cm³/mol. The van der Waals surface area contributed by atoms with Crippen LogP contribution in [0.1, 0.15) is 6.92 Å². The second-order valence-electron chi connectivity index (χ2n) is 3.76. The van der Waals surface area contributed by atoms with Gasteiger partial charge in [0.2, 0.25) is 0 Å². The Balaban J connectivity index is 2.64. The molecule has 0 amide bonds. The second kappa shape index (κ2) is 6.00. The first-order valence-corrected chi connectivity index (χ1v) is 8.05. The van der Waals surface area contributed by atoms with E-state index in [4.69, 9.17) is 11.6 Å². The molecule has 0 bridgehead atoms. The van der Waals surface area contributed by atoms with Crippen LogP contribution >= 0.6 is 27.5 Å². The Labute approximate surface area is 123 Å². The Bertz CT molecular complexity index is 598. The Morgan fingerprint density at radius 1 is 1.22 bits per heavy atom. The molecule has 0 spiro atoms. The SMILES string of the molecule is CCS(=O)c1c(Br)cccc1-c1cccc(Cl)c1. The van der Waals surface area contributed by atoms with Crippen LogP contribution in [-0.2, 0) is 10.8 Å². The average molecular weight is 344 g/mol. The van der Waals surface area contributed by atoms with E-state index in [1.54, 1.807) is 0 Å². The summed E-state index contributed by atoms with van der Waals surface area (Å²) >= 11 is 9.49. The summed E-state index contributed by atoms with van der Waals surface area (Å²) in [6.07, 6.45) is 0. The minimum absolute atomic E-state index is 0.593. The van der Waals surface area contributed by atoms with Gasteiger partial charge in [-0.25, -0.2) is 0 Å². The fourth-order valence-electron chi connectivity index (χ4n) is 1.77. The Morgan fingerprint density at radius 2 is 1.94 bits per heavy atom. The summed E-state index contributed by atoms with van der Waals surface area (Å²) in [5.74, 6) is 0.593. The van der Waals surface area contributed by atoms with Gasteiger partial charge in [-0.15, -0.1) is 0 Å². The highest BCUT2D eigenvalue weighted by molar-refractivity contribution is 9.10. The summed E-state index contributed by atoms with van der Waals surface area (Å²) in [6, 6.07) is 13.4. The molecule has 0 aliphatic rings. The fraction of sp³-hybridized carbons (Fsp3) is 0.143. The van der Waals surface area contributed by atoms with E-state index < -0.39 is 10.8 Å². The van der Waals surface area contributed by atoms with Gasteiger partial charge < -0.3 is 0 Å². The maximum absolute atomic E-state index is 12.2. The minimum atomic E-state index is -1.01. The molecule has 0 saturated carbocycles. The van der Waals surface area contributed by atoms with Crippen molar-refractivity contribution in [1.29, 1.82) is 0 Å². The molecule has 0 aromatic heterocycles. The van der Waals surface area contributed by atoms with Crippen LogP contribution in [0, 0.1) is 0 Å². The highest BCUT2D eigenvalue weighted by Crippen LogP contribution is 2.33. The first-order valence-electron chi connectivity index (χ1n) is 5.56. The zero-order valence-electron chi connectivity index (χ0n) is 9.82. The van der Waals surface area contributed by atoms with Gasteiger partial charge >= 0.3 is 0 Å². The summed E-state index contributed by atoms with van der Waals surface area (Å²) < 4.78 is 13.0. The molecule has 94 valence electrons. The summed E-state index contributed by atoms with van der Waals surface area (Å²) in [4.78, 5) is 0.835. The highest BCUT2D eigenvalue weighted by Gasteiger charge is 2.13. The van der Waals surface area contributed by atoms with Crippen LogP contribution in [0.3, 0.4) is 0 Å². The quantitative estimate of drug-likeness (QED) is 0.775. The van der Waals surface area contributed by atoms with Crippen LogP contribution in [0.15, 0.2) is 51.8 Å². The van der Waals surface area contributed by atoms with E-state index in [0.29, 0.717) is 10.8 Å². The fourth-order valence-corrected chi connectivity index (χ4v) is 3.87. The van der Waals surface area contributed by atoms with Gasteiger partial charge in [-0.05, 0) is 45.3 Å². The van der Waals surface area contributed by atoms with E-state index in [1.165, 1.54) is 0 Å². The molecular weight excluding hydrogens is 332 g/mol. The van der Waals surface area contributed by atoms with E-state index in [2.05, 4.69) is 15.9 Å². The van der Waals surface area contributed by atoms with Crippen LogP contribution in [0.2, 0.25) is 5.02 Å². The van der Waals surface area contributed by atoms with Crippen molar-refractivity contribution in [3.8, 4) is 11.1 Å². The number of halogens is 2. The molecule has 0 fully saturated rings. The molecule has 1 atom stereocenters. The van der Waals surface area contributed by atoms with Crippen molar-refractivity contribution in [2.75, 3.05) is 5.75 Å². The molecule has 0 radical (unpaired) electrons. The van der Waals surface area contributed by atoms with Gasteiger partial charge in [-0.1, -0.05) is 42.8 Å². The van der Waals surface area contributed by atoms with Crippen LogP contribution in [-0.4, -0.2) is 9.96 Å². The van der Waals surface area contributed by atoms with Crippen molar-refractivity contribution < 1.29 is 4.21 Å². The molecule has 0 saturated heterocycles. The van der Waals surface area contributed by atoms with E-state index in [-0.39, 0.29) is 0 Å². The summed E-state index contributed by atoms with van der Waals surface area (Å²) in [5, 5.41) is 0.681. The number of hydrogen-bond acceptors (Lipinski definition) is 1. The standard InChI is InChI=1S/C14H12BrClOS/c1-2-18(17)14-12(7-4-8-13(14)15)10-5-3-6-11(16)9-10/h3-9H,2H2,1H3. The van der Waals surface area contributed by atoms with Crippen LogP contribution in [0.5, 0.6) is 0 Å². The van der Waals surface area contributed by atoms with E-state index >= 15 is 0 Å². The lowest BCUT2D eigenvalue weighted by Gasteiger charge is -2.11. The van der Waals surface area contributed by atoms with Gasteiger partial charge in [-0.3, -0.25) is 4.21 Å². The molecular formula is C14H12BrClOS. The smallest absolute Gasteiger partial charge is 0.0608 e. The van der Waals surface area contributed by atoms with Gasteiger partial charge in [0.1, 0.15) is 0 Å². The molecule has 2 rings (SSSR count). The van der Waals surface area contributed by atoms with Gasteiger partial charge in [0.15, 0.2) is 0 Å². The average Bonchev–Trinajstić information content (AvgIpc) is 2.37. The molecule has 1 unspecified atom stereocenters. The van der Waals surface area contributed by atoms with Gasteiger partial charge in [0, 0.05) is 15.2 Å². The van der Waals surface area contributed by atoms with Crippen molar-refractivity contribution in [1.82, 2.24) is 0 Å². The normalized spacial score (nSPS) is 12.4. The van der Waals surface area contributed by atoms with Gasteiger partial charge in [0.25, 0.3) is 0 Å². The Hall–Kier alpha value is -0.640. The van der Waals surface area contributed by atoms with Crippen molar-refractivity contribution in [3.63, 3.8) is 0 Å². The summed E-state index contributed by atoms with van der Waals surface area (Å²) in [5.41, 5.74) is 1.95. The first kappa shape index (κ1) is 13.8. The second-order valence-corrected chi connectivity index (χ2v) is 6.73. The zero-order chi connectivity index (χ0) is 13.1. The zero-order valence-corrected chi connectivity index (χ0v) is 13.0. The molecule has 0 aliphatic heterocycles. The lowest BCUT2D eigenvalue weighted by Crippen LogP contribution is -1.98. The predicted octanol–water partition coefficient (Wildman–Crippen LogP) is 4.90. The molecule has 0 heterocycles. The molecule has 1 nitrogen and oxygen atoms in total. The summed E-state index contributed by atoms with van der Waals surface area (Å²) in [6.45, 7) is 1.91. The molecule has 0 aliphatic carbocycles. The molecule has 2 aromatic rings. The number of rotatable bonds is 3. The van der Waals surface area contributed by atoms with Crippen molar-refractivity contribution in [2.24, 2.45) is 0 Å². The van der Waals surface area contributed by atoms with Crippen LogP contribution in [0.4, 0.5) is 0 Å². The first-order chi connectivity index (χ1) is 8.63. The molecule has 2 aromatic carbocycles. The van der Waals surface area contributed by atoms with E-state index in [9.17, 15) is 4.21 Å². The van der Waals surface area contributed by atoms with Gasteiger partial charge in [-0.2, -0.15) is 0 Å². The third-order valence-electron chi connectivity index (χ3n) is 2.59. The lowest BCUT2D eigenvalue weighted by atomic mass is 10.1. The Morgan fingerprint density at radius 3 is 2.61 bits per heavy atom. The topological polar surface area (TPSA) is 17.1 Å². The van der Waals surface area contributed by atoms with Crippen molar-refractivity contribution in [2.45, 2.75) is 11.8 Å². The highest BCUT2D eigenvalue weighted by atomic mass is 79.9. The largest absolute Gasteiger partial charge is 0.254 e. The molecule has 18 heavy (non-hydrogen) atoms. The molecule has 4 heteroatoms. The number of hydrogen-bond donors (Lipinski definition) is 0. The third-order valence-corrected chi connectivity index (χ3v) is 5.17. The van der Waals surface area contributed by atoms with Gasteiger partial charge in [0.05, 0.1) is 15.7 Å². The maximum Gasteiger partial charge on any atom is 0.0608 e. The third kappa shape index (κ3) is 2.85. The lowest BCUT2D eigenvalue weighted by molar-refractivity contribution is 0.683. The number of benzene rings is 2. The molecule has 0 N–H and O–H groups in total. The van der Waals surface area contributed by atoms with Crippen molar-refractivity contribution >= 4 is 38.3 Å². The van der Waals surface area contributed by atoms with E-state index in [0.717, 1.165) is 20.5 Å². The van der Waals surface area contributed by atoms with Crippen LogP contribution in [0.25, 0.3) is 11.1 Å². The Kier molecular flexibility index (Phi) is 4.60.